The quantitative estimate of drug-likeness (QED) is 0.727. The molecule has 0 radical (unpaired) electrons. The van der Waals surface area contributed by atoms with Gasteiger partial charge < -0.3 is 10.8 Å². The minimum atomic E-state index is -0.930. The fourth-order valence-corrected chi connectivity index (χ4v) is 1.53. The van der Waals surface area contributed by atoms with Crippen LogP contribution in [0.2, 0.25) is 0 Å². The largest absolute Gasteiger partial charge is 0.478 e. The molecule has 0 aromatic heterocycles. The van der Waals surface area contributed by atoms with Crippen LogP contribution in [-0.4, -0.2) is 16.1 Å². The van der Waals surface area contributed by atoms with Gasteiger partial charge in [-0.2, -0.15) is 0 Å². The van der Waals surface area contributed by atoms with E-state index in [2.05, 4.69) is 0 Å². The summed E-state index contributed by atoms with van der Waals surface area (Å²) >= 11 is 4.85. The van der Waals surface area contributed by atoms with Crippen LogP contribution in [0.1, 0.15) is 27.0 Å². The molecule has 0 saturated carbocycles. The van der Waals surface area contributed by atoms with Crippen LogP contribution in [0.5, 0.6) is 0 Å². The molecule has 1 aromatic carbocycles. The number of aryl methyl sites for hydroxylation is 2. The molecule has 0 atom stereocenters. The van der Waals surface area contributed by atoms with Crippen molar-refractivity contribution < 1.29 is 9.90 Å². The Morgan fingerprint density at radius 3 is 2.14 bits per heavy atom. The molecule has 4 heteroatoms. The van der Waals surface area contributed by atoms with Gasteiger partial charge in [0.2, 0.25) is 0 Å². The number of carboxylic acids is 1. The van der Waals surface area contributed by atoms with E-state index in [-0.39, 0.29) is 0 Å². The lowest BCUT2D eigenvalue weighted by Crippen LogP contribution is -2.13. The Hall–Kier alpha value is -1.42. The summed E-state index contributed by atoms with van der Waals surface area (Å²) in [7, 11) is 0. The van der Waals surface area contributed by atoms with Crippen LogP contribution in [0.3, 0.4) is 0 Å². The van der Waals surface area contributed by atoms with Crippen molar-refractivity contribution in [3.05, 3.63) is 34.4 Å². The summed E-state index contributed by atoms with van der Waals surface area (Å²) in [6.07, 6.45) is 0. The van der Waals surface area contributed by atoms with Gasteiger partial charge in [-0.1, -0.05) is 12.2 Å². The molecule has 0 aliphatic heterocycles. The summed E-state index contributed by atoms with van der Waals surface area (Å²) in [6.45, 7) is 3.52. The van der Waals surface area contributed by atoms with Crippen molar-refractivity contribution in [1.82, 2.24) is 0 Å². The average Bonchev–Trinajstić information content (AvgIpc) is 2.07. The monoisotopic (exact) mass is 209 g/mol. The molecule has 0 unspecified atom stereocenters. The van der Waals surface area contributed by atoms with Crippen molar-refractivity contribution in [2.75, 3.05) is 0 Å². The average molecular weight is 209 g/mol. The van der Waals surface area contributed by atoms with Crippen LogP contribution < -0.4 is 5.73 Å². The van der Waals surface area contributed by atoms with E-state index >= 15 is 0 Å². The van der Waals surface area contributed by atoms with Gasteiger partial charge in [0.05, 0.1) is 5.56 Å². The maximum Gasteiger partial charge on any atom is 0.335 e. The van der Waals surface area contributed by atoms with E-state index in [0.29, 0.717) is 16.1 Å². The third-order valence-corrected chi connectivity index (χ3v) is 2.29. The van der Waals surface area contributed by atoms with Crippen LogP contribution in [0.25, 0.3) is 0 Å². The van der Waals surface area contributed by atoms with Gasteiger partial charge >= 0.3 is 5.97 Å². The van der Waals surface area contributed by atoms with Crippen molar-refractivity contribution in [1.29, 1.82) is 0 Å². The molecule has 0 fully saturated rings. The SMILES string of the molecule is Cc1cc(C(N)=S)c(C)cc1C(=O)O. The van der Waals surface area contributed by atoms with Crippen LogP contribution >= 0.6 is 12.2 Å². The first-order valence-corrected chi connectivity index (χ1v) is 4.48. The number of aromatic carboxylic acids is 1. The normalized spacial score (nSPS) is 9.86. The van der Waals surface area contributed by atoms with E-state index in [1.807, 2.05) is 0 Å². The minimum absolute atomic E-state index is 0.294. The molecule has 0 aliphatic rings. The maximum absolute atomic E-state index is 10.8. The first-order valence-electron chi connectivity index (χ1n) is 4.08. The van der Waals surface area contributed by atoms with Crippen molar-refractivity contribution in [3.8, 4) is 0 Å². The van der Waals surface area contributed by atoms with E-state index in [9.17, 15) is 4.79 Å². The van der Waals surface area contributed by atoms with Crippen molar-refractivity contribution in [2.24, 2.45) is 5.73 Å². The molecule has 1 rings (SSSR count). The second kappa shape index (κ2) is 3.75. The number of thiocarbonyl (C=S) groups is 1. The lowest BCUT2D eigenvalue weighted by Gasteiger charge is -2.07. The zero-order valence-corrected chi connectivity index (χ0v) is 8.81. The van der Waals surface area contributed by atoms with Gasteiger partial charge in [-0.05, 0) is 37.1 Å². The van der Waals surface area contributed by atoms with Crippen LogP contribution in [-0.2, 0) is 0 Å². The molecule has 0 bridgehead atoms. The zero-order valence-electron chi connectivity index (χ0n) is 8.00. The van der Waals surface area contributed by atoms with Crippen LogP contribution in [0.15, 0.2) is 12.1 Å². The van der Waals surface area contributed by atoms with E-state index in [1.165, 1.54) is 0 Å². The molecule has 0 saturated heterocycles. The summed E-state index contributed by atoms with van der Waals surface area (Å²) in [5.74, 6) is -0.930. The summed E-state index contributed by atoms with van der Waals surface area (Å²) in [5.41, 5.74) is 7.99. The van der Waals surface area contributed by atoms with Crippen molar-refractivity contribution in [3.63, 3.8) is 0 Å². The van der Waals surface area contributed by atoms with Gasteiger partial charge in [-0.3, -0.25) is 0 Å². The molecule has 0 spiro atoms. The highest BCUT2D eigenvalue weighted by molar-refractivity contribution is 7.80. The molecule has 74 valence electrons. The highest BCUT2D eigenvalue weighted by Crippen LogP contribution is 2.16. The van der Waals surface area contributed by atoms with Crippen molar-refractivity contribution >= 4 is 23.2 Å². The molecule has 3 nitrogen and oxygen atoms in total. The Kier molecular flexibility index (Phi) is 2.86. The Bertz CT molecular complexity index is 373. The van der Waals surface area contributed by atoms with Crippen LogP contribution in [0, 0.1) is 13.8 Å². The second-order valence-electron chi connectivity index (χ2n) is 3.15. The van der Waals surface area contributed by atoms with E-state index in [4.69, 9.17) is 23.1 Å². The maximum atomic E-state index is 10.8. The summed E-state index contributed by atoms with van der Waals surface area (Å²) < 4.78 is 0. The van der Waals surface area contributed by atoms with E-state index in [0.717, 1.165) is 11.1 Å². The lowest BCUT2D eigenvalue weighted by molar-refractivity contribution is 0.0696. The van der Waals surface area contributed by atoms with Gasteiger partial charge in [0.1, 0.15) is 4.99 Å². The van der Waals surface area contributed by atoms with Gasteiger partial charge in [-0.15, -0.1) is 0 Å². The number of hydrogen-bond acceptors (Lipinski definition) is 2. The molecule has 1 aromatic rings. The summed E-state index contributed by atoms with van der Waals surface area (Å²) in [4.78, 5) is 11.1. The number of rotatable bonds is 2. The Morgan fingerprint density at radius 2 is 1.71 bits per heavy atom. The summed E-state index contributed by atoms with van der Waals surface area (Å²) in [6, 6.07) is 3.30. The smallest absolute Gasteiger partial charge is 0.335 e. The second-order valence-corrected chi connectivity index (χ2v) is 3.59. The molecule has 0 amide bonds. The van der Waals surface area contributed by atoms with Gasteiger partial charge in [0.25, 0.3) is 0 Å². The predicted molar refractivity (Wildman–Crippen MR) is 58.8 cm³/mol. The lowest BCUT2D eigenvalue weighted by atomic mass is 10.00. The van der Waals surface area contributed by atoms with Gasteiger partial charge in [0, 0.05) is 5.56 Å². The molecular weight excluding hydrogens is 198 g/mol. The zero-order chi connectivity index (χ0) is 10.9. The first kappa shape index (κ1) is 10.7. The number of benzene rings is 1. The van der Waals surface area contributed by atoms with Crippen LogP contribution in [0.4, 0.5) is 0 Å². The molecular formula is C10H11NO2S. The number of carboxylic acid groups (broad SMARTS) is 1. The number of carbonyl (C=O) groups is 1. The van der Waals surface area contributed by atoms with Gasteiger partial charge in [0.15, 0.2) is 0 Å². The molecule has 3 N–H and O–H groups in total. The Morgan fingerprint density at radius 1 is 1.29 bits per heavy atom. The molecule has 14 heavy (non-hydrogen) atoms. The third-order valence-electron chi connectivity index (χ3n) is 2.07. The van der Waals surface area contributed by atoms with Gasteiger partial charge in [-0.25, -0.2) is 4.79 Å². The minimum Gasteiger partial charge on any atom is -0.478 e. The topological polar surface area (TPSA) is 63.3 Å². The summed E-state index contributed by atoms with van der Waals surface area (Å²) in [5, 5.41) is 8.86. The molecule has 0 heterocycles. The third kappa shape index (κ3) is 1.90. The van der Waals surface area contributed by atoms with Crippen molar-refractivity contribution in [2.45, 2.75) is 13.8 Å². The number of hydrogen-bond donors (Lipinski definition) is 2. The standard InChI is InChI=1S/C10H11NO2S/c1-5-4-8(10(12)13)6(2)3-7(5)9(11)14/h3-4H,1-2H3,(H2,11,14)(H,12,13). The Balaban J connectivity index is 3.38. The fraction of sp³-hybridized carbons (Fsp3) is 0.200. The van der Waals surface area contributed by atoms with E-state index < -0.39 is 5.97 Å². The fourth-order valence-electron chi connectivity index (χ4n) is 1.31. The Labute approximate surface area is 87.5 Å². The number of nitrogens with two attached hydrogens (primary N) is 1. The first-order chi connectivity index (χ1) is 6.43. The predicted octanol–water partition coefficient (Wildman–Crippen LogP) is 1.64. The highest BCUT2D eigenvalue weighted by Gasteiger charge is 2.10. The van der Waals surface area contributed by atoms with E-state index in [1.54, 1.807) is 26.0 Å². The highest BCUT2D eigenvalue weighted by atomic mass is 32.1. The molecule has 0 aliphatic carbocycles.